The number of aromatic nitrogens is 1. The molecule has 15 heavy (non-hydrogen) atoms. The number of rotatable bonds is 4. The number of thiazole rings is 1. The second kappa shape index (κ2) is 4.47. The van der Waals surface area contributed by atoms with E-state index in [1.807, 2.05) is 19.2 Å². The fourth-order valence-corrected chi connectivity index (χ4v) is 2.53. The number of aryl methyl sites for hydroxylation is 1. The molecular weight excluding hydrogens is 210 g/mol. The van der Waals surface area contributed by atoms with Crippen molar-refractivity contribution in [2.45, 2.75) is 38.5 Å². The summed E-state index contributed by atoms with van der Waals surface area (Å²) in [4.78, 5) is 4.36. The molecule has 1 fully saturated rings. The lowest BCUT2D eigenvalue weighted by Crippen LogP contribution is -2.60. The molecule has 5 heteroatoms. The zero-order chi connectivity index (χ0) is 10.8. The first-order chi connectivity index (χ1) is 7.20. The van der Waals surface area contributed by atoms with Gasteiger partial charge in [0.2, 0.25) is 0 Å². The first-order valence-corrected chi connectivity index (χ1v) is 6.14. The third kappa shape index (κ3) is 2.30. The van der Waals surface area contributed by atoms with Gasteiger partial charge in [-0.05, 0) is 20.3 Å². The van der Waals surface area contributed by atoms with Gasteiger partial charge in [0.1, 0.15) is 0 Å². The first-order valence-electron chi connectivity index (χ1n) is 5.26. The number of ether oxygens (including phenoxy) is 1. The van der Waals surface area contributed by atoms with Gasteiger partial charge in [0.25, 0.3) is 0 Å². The summed E-state index contributed by atoms with van der Waals surface area (Å²) in [5.74, 6) is 0. The Hall–Kier alpha value is -0.650. The largest absolute Gasteiger partial charge is 0.376 e. The standard InChI is InChI=1S/C10H17N3OS/c1-3-14-8-4-7(11)9(8)13-10-12-6(2)5-15-10/h5,7-9H,3-4,11H2,1-2H3,(H,12,13). The van der Waals surface area contributed by atoms with Crippen LogP contribution in [0.3, 0.4) is 0 Å². The minimum atomic E-state index is 0.186. The van der Waals surface area contributed by atoms with Crippen LogP contribution in [-0.2, 0) is 4.74 Å². The normalized spacial score (nSPS) is 29.9. The van der Waals surface area contributed by atoms with E-state index in [4.69, 9.17) is 10.5 Å². The quantitative estimate of drug-likeness (QED) is 0.815. The van der Waals surface area contributed by atoms with Gasteiger partial charge in [-0.2, -0.15) is 0 Å². The van der Waals surface area contributed by atoms with Crippen molar-refractivity contribution in [3.05, 3.63) is 11.1 Å². The second-order valence-electron chi connectivity index (χ2n) is 3.86. The molecule has 0 bridgehead atoms. The number of nitrogens with one attached hydrogen (secondary N) is 1. The van der Waals surface area contributed by atoms with Crippen LogP contribution >= 0.6 is 11.3 Å². The highest BCUT2D eigenvalue weighted by atomic mass is 32.1. The molecule has 0 radical (unpaired) electrons. The lowest BCUT2D eigenvalue weighted by Gasteiger charge is -2.42. The number of nitrogens with two attached hydrogens (primary N) is 1. The summed E-state index contributed by atoms with van der Waals surface area (Å²) in [6.45, 7) is 4.74. The summed E-state index contributed by atoms with van der Waals surface area (Å²) in [5.41, 5.74) is 6.98. The predicted molar refractivity (Wildman–Crippen MR) is 62.3 cm³/mol. The summed E-state index contributed by atoms with van der Waals surface area (Å²) in [6, 6.07) is 0.404. The van der Waals surface area contributed by atoms with Crippen molar-refractivity contribution in [3.8, 4) is 0 Å². The van der Waals surface area contributed by atoms with Crippen molar-refractivity contribution >= 4 is 16.5 Å². The summed E-state index contributed by atoms with van der Waals surface area (Å²) in [7, 11) is 0. The van der Waals surface area contributed by atoms with Gasteiger partial charge in [-0.15, -0.1) is 11.3 Å². The summed E-state index contributed by atoms with van der Waals surface area (Å²) in [6.07, 6.45) is 1.18. The van der Waals surface area contributed by atoms with Gasteiger partial charge in [-0.3, -0.25) is 0 Å². The highest BCUT2D eigenvalue weighted by Crippen LogP contribution is 2.27. The third-order valence-corrected chi connectivity index (χ3v) is 3.55. The minimum Gasteiger partial charge on any atom is -0.376 e. The fraction of sp³-hybridized carbons (Fsp3) is 0.700. The molecule has 3 N–H and O–H groups in total. The Bertz CT molecular complexity index is 326. The van der Waals surface area contributed by atoms with Gasteiger partial charge in [0, 0.05) is 18.0 Å². The SMILES string of the molecule is CCOC1CC(N)C1Nc1nc(C)cs1. The molecular formula is C10H17N3OS. The molecule has 3 unspecified atom stereocenters. The average molecular weight is 227 g/mol. The predicted octanol–water partition coefficient (Wildman–Crippen LogP) is 1.37. The Morgan fingerprint density at radius 2 is 2.53 bits per heavy atom. The lowest BCUT2D eigenvalue weighted by molar-refractivity contribution is -0.0126. The van der Waals surface area contributed by atoms with E-state index in [2.05, 4.69) is 10.3 Å². The Labute approximate surface area is 93.8 Å². The van der Waals surface area contributed by atoms with E-state index in [-0.39, 0.29) is 18.2 Å². The molecule has 0 aliphatic heterocycles. The first kappa shape index (κ1) is 10.9. The fourth-order valence-electron chi connectivity index (χ4n) is 1.79. The molecule has 3 atom stereocenters. The van der Waals surface area contributed by atoms with Crippen molar-refractivity contribution in [2.24, 2.45) is 5.73 Å². The van der Waals surface area contributed by atoms with E-state index in [0.29, 0.717) is 0 Å². The van der Waals surface area contributed by atoms with E-state index in [1.165, 1.54) is 0 Å². The molecule has 1 aliphatic carbocycles. The van der Waals surface area contributed by atoms with Crippen LogP contribution in [0.15, 0.2) is 5.38 Å². The Morgan fingerprint density at radius 1 is 1.73 bits per heavy atom. The number of hydrogen-bond donors (Lipinski definition) is 2. The zero-order valence-electron chi connectivity index (χ0n) is 9.06. The molecule has 84 valence electrons. The molecule has 0 aromatic carbocycles. The van der Waals surface area contributed by atoms with Crippen LogP contribution in [0.5, 0.6) is 0 Å². The molecule has 2 rings (SSSR count). The number of anilines is 1. The van der Waals surface area contributed by atoms with Crippen LogP contribution < -0.4 is 11.1 Å². The van der Waals surface area contributed by atoms with Gasteiger partial charge >= 0.3 is 0 Å². The van der Waals surface area contributed by atoms with Gasteiger partial charge < -0.3 is 15.8 Å². The van der Waals surface area contributed by atoms with Gasteiger partial charge in [-0.1, -0.05) is 0 Å². The van der Waals surface area contributed by atoms with E-state index in [0.717, 1.165) is 23.9 Å². The van der Waals surface area contributed by atoms with Gasteiger partial charge in [0.05, 0.1) is 17.8 Å². The van der Waals surface area contributed by atoms with E-state index >= 15 is 0 Å². The smallest absolute Gasteiger partial charge is 0.183 e. The average Bonchev–Trinajstić information content (AvgIpc) is 2.61. The van der Waals surface area contributed by atoms with Crippen LogP contribution in [-0.4, -0.2) is 29.8 Å². The number of hydrogen-bond acceptors (Lipinski definition) is 5. The molecule has 0 spiro atoms. The number of nitrogens with zero attached hydrogens (tertiary/aromatic N) is 1. The lowest BCUT2D eigenvalue weighted by atomic mass is 9.83. The third-order valence-electron chi connectivity index (χ3n) is 2.66. The molecule has 1 aromatic rings. The monoisotopic (exact) mass is 227 g/mol. The Kier molecular flexibility index (Phi) is 3.23. The van der Waals surface area contributed by atoms with Crippen LogP contribution in [0.25, 0.3) is 0 Å². The van der Waals surface area contributed by atoms with E-state index in [9.17, 15) is 0 Å². The van der Waals surface area contributed by atoms with Gasteiger partial charge in [-0.25, -0.2) is 4.98 Å². The molecule has 0 saturated heterocycles. The van der Waals surface area contributed by atoms with Crippen LogP contribution in [0.2, 0.25) is 0 Å². The van der Waals surface area contributed by atoms with Crippen molar-refractivity contribution in [1.29, 1.82) is 0 Å². The maximum atomic E-state index is 5.93. The molecule has 1 heterocycles. The van der Waals surface area contributed by atoms with Crippen LogP contribution in [0.1, 0.15) is 19.0 Å². The van der Waals surface area contributed by atoms with Crippen molar-refractivity contribution in [2.75, 3.05) is 11.9 Å². The molecule has 4 nitrogen and oxygen atoms in total. The molecule has 0 amide bonds. The topological polar surface area (TPSA) is 60.2 Å². The Morgan fingerprint density at radius 3 is 3.07 bits per heavy atom. The maximum absolute atomic E-state index is 5.93. The Balaban J connectivity index is 1.93. The summed E-state index contributed by atoms with van der Waals surface area (Å²) in [5, 5.41) is 6.31. The zero-order valence-corrected chi connectivity index (χ0v) is 9.88. The summed E-state index contributed by atoms with van der Waals surface area (Å²) < 4.78 is 5.57. The van der Waals surface area contributed by atoms with Crippen LogP contribution in [0, 0.1) is 6.92 Å². The summed E-state index contributed by atoms with van der Waals surface area (Å²) >= 11 is 1.62. The molecule has 1 aliphatic rings. The van der Waals surface area contributed by atoms with Crippen molar-refractivity contribution in [1.82, 2.24) is 4.98 Å². The van der Waals surface area contributed by atoms with E-state index in [1.54, 1.807) is 11.3 Å². The van der Waals surface area contributed by atoms with Crippen molar-refractivity contribution in [3.63, 3.8) is 0 Å². The van der Waals surface area contributed by atoms with Crippen LogP contribution in [0.4, 0.5) is 5.13 Å². The van der Waals surface area contributed by atoms with E-state index < -0.39 is 0 Å². The second-order valence-corrected chi connectivity index (χ2v) is 4.72. The molecule has 1 saturated carbocycles. The molecule has 1 aromatic heterocycles. The highest BCUT2D eigenvalue weighted by molar-refractivity contribution is 7.13. The van der Waals surface area contributed by atoms with Gasteiger partial charge in [0.15, 0.2) is 5.13 Å². The van der Waals surface area contributed by atoms with Crippen molar-refractivity contribution < 1.29 is 4.74 Å². The maximum Gasteiger partial charge on any atom is 0.183 e. The minimum absolute atomic E-state index is 0.186. The highest BCUT2D eigenvalue weighted by Gasteiger charge is 2.39.